The maximum atomic E-state index is 12.9. The fraction of sp³-hybridized carbons (Fsp3) is 0.438. The Morgan fingerprint density at radius 3 is 2.48 bits per heavy atom. The molecule has 23 heavy (non-hydrogen) atoms. The third-order valence-corrected chi connectivity index (χ3v) is 5.27. The highest BCUT2D eigenvalue weighted by molar-refractivity contribution is 9.10. The Bertz CT molecular complexity index is 702. The van der Waals surface area contributed by atoms with E-state index < -0.39 is 33.8 Å². The van der Waals surface area contributed by atoms with E-state index in [1.54, 1.807) is 26.0 Å². The number of amides is 1. The minimum Gasteiger partial charge on any atom is -0.498 e. The molecule has 6 nitrogen and oxygen atoms in total. The van der Waals surface area contributed by atoms with E-state index in [1.807, 2.05) is 0 Å². The van der Waals surface area contributed by atoms with E-state index in [-0.39, 0.29) is 24.2 Å². The van der Waals surface area contributed by atoms with Crippen LogP contribution in [0.25, 0.3) is 0 Å². The number of carbonyl (C=O) groups is 3. The lowest BCUT2D eigenvalue weighted by atomic mass is 9.80. The standard InChI is InChI=1S/C16H18BrNO5/c1-9(2)18(15(22)23)7-6-16(3,14(20)21)13(19)11-8-10(17)4-5-12(11)18/h4-5,8-9H,6-7H2,1-3H3,(H-,20,21,22,23). The third kappa shape index (κ3) is 2.48. The Morgan fingerprint density at radius 2 is 2.00 bits per heavy atom. The number of carboxylic acids is 1. The largest absolute Gasteiger partial charge is 0.498 e. The van der Waals surface area contributed by atoms with Crippen LogP contribution < -0.4 is 9.59 Å². The van der Waals surface area contributed by atoms with E-state index in [1.165, 1.54) is 13.0 Å². The lowest BCUT2D eigenvalue weighted by Crippen LogP contribution is -2.64. The number of rotatable bonds is 2. The minimum atomic E-state index is -1.67. The summed E-state index contributed by atoms with van der Waals surface area (Å²) in [5.74, 6) is -1.83. The van der Waals surface area contributed by atoms with E-state index in [4.69, 9.17) is 0 Å². The molecule has 0 saturated carbocycles. The van der Waals surface area contributed by atoms with Crippen LogP contribution in [0.2, 0.25) is 0 Å². The molecule has 1 heterocycles. The van der Waals surface area contributed by atoms with Crippen molar-refractivity contribution >= 4 is 39.5 Å². The van der Waals surface area contributed by atoms with Gasteiger partial charge in [0.1, 0.15) is 11.1 Å². The Balaban J connectivity index is 2.85. The fourth-order valence-electron chi connectivity index (χ4n) is 3.11. The van der Waals surface area contributed by atoms with Crippen LogP contribution in [0.4, 0.5) is 10.5 Å². The number of fused-ring (bicyclic) bond motifs is 1. The average molecular weight is 384 g/mol. The smallest absolute Gasteiger partial charge is 0.317 e. The Morgan fingerprint density at radius 1 is 1.39 bits per heavy atom. The first-order valence-corrected chi connectivity index (χ1v) is 8.04. The minimum absolute atomic E-state index is 0.0246. The van der Waals surface area contributed by atoms with Crippen LogP contribution in [0.1, 0.15) is 37.6 Å². The van der Waals surface area contributed by atoms with Crippen molar-refractivity contribution in [3.05, 3.63) is 28.2 Å². The highest BCUT2D eigenvalue weighted by Gasteiger charge is 2.52. The summed E-state index contributed by atoms with van der Waals surface area (Å²) in [7, 11) is 0. The summed E-state index contributed by atoms with van der Waals surface area (Å²) in [6, 6.07) is 4.28. The van der Waals surface area contributed by atoms with Crippen LogP contribution in [-0.2, 0) is 4.79 Å². The van der Waals surface area contributed by atoms with Gasteiger partial charge in [0.15, 0.2) is 5.78 Å². The summed E-state index contributed by atoms with van der Waals surface area (Å²) >= 11 is 3.26. The quantitative estimate of drug-likeness (QED) is 0.623. The first kappa shape index (κ1) is 17.6. The molecule has 1 aliphatic rings. The molecule has 0 radical (unpaired) electrons. The van der Waals surface area contributed by atoms with E-state index in [2.05, 4.69) is 15.9 Å². The Labute approximate surface area is 142 Å². The molecule has 1 amide bonds. The van der Waals surface area contributed by atoms with Gasteiger partial charge in [-0.1, -0.05) is 15.9 Å². The Hall–Kier alpha value is -1.73. The van der Waals surface area contributed by atoms with Gasteiger partial charge in [0.25, 0.3) is 6.09 Å². The van der Waals surface area contributed by atoms with Crippen LogP contribution in [0.5, 0.6) is 0 Å². The number of aliphatic carboxylic acids is 1. The van der Waals surface area contributed by atoms with Crippen molar-refractivity contribution in [1.82, 2.24) is 4.48 Å². The van der Waals surface area contributed by atoms with Crippen molar-refractivity contribution in [3.8, 4) is 0 Å². The summed E-state index contributed by atoms with van der Waals surface area (Å²) in [5, 5.41) is 21.5. The molecule has 0 spiro atoms. The monoisotopic (exact) mass is 383 g/mol. The molecule has 2 atom stereocenters. The second-order valence-corrected chi connectivity index (χ2v) is 7.25. The van der Waals surface area contributed by atoms with E-state index >= 15 is 0 Å². The maximum absolute atomic E-state index is 12.9. The summed E-state index contributed by atoms with van der Waals surface area (Å²) in [6.45, 7) is 4.76. The van der Waals surface area contributed by atoms with Gasteiger partial charge in [-0.2, -0.15) is 0 Å². The molecule has 0 fully saturated rings. The number of carbonyl (C=O) groups excluding carboxylic acids is 2. The molecule has 0 bridgehead atoms. The van der Waals surface area contributed by atoms with Crippen LogP contribution in [0.3, 0.4) is 0 Å². The number of hydrogen-bond donors (Lipinski definition) is 1. The summed E-state index contributed by atoms with van der Waals surface area (Å²) in [4.78, 5) is 36.5. The van der Waals surface area contributed by atoms with Crippen LogP contribution in [-0.4, -0.2) is 35.5 Å². The number of halogens is 1. The molecule has 1 aromatic rings. The fourth-order valence-corrected chi connectivity index (χ4v) is 3.47. The van der Waals surface area contributed by atoms with Crippen molar-refractivity contribution in [1.29, 1.82) is 0 Å². The zero-order chi connectivity index (χ0) is 17.6. The zero-order valence-corrected chi connectivity index (χ0v) is 14.7. The molecule has 1 N–H and O–H groups in total. The van der Waals surface area contributed by atoms with Gasteiger partial charge in [0, 0.05) is 17.0 Å². The highest BCUT2D eigenvalue weighted by atomic mass is 79.9. The second kappa shape index (κ2) is 5.72. The van der Waals surface area contributed by atoms with E-state index in [9.17, 15) is 24.6 Å². The SMILES string of the molecule is CC(C)[N+]1(C(=O)[O-])CCC(C)(C(=O)O)C(=O)c2cc(Br)ccc21. The molecular weight excluding hydrogens is 366 g/mol. The number of carboxylic acid groups (broad SMARTS) is 2. The third-order valence-electron chi connectivity index (χ3n) is 4.78. The normalized spacial score (nSPS) is 27.4. The van der Waals surface area contributed by atoms with Gasteiger partial charge in [0.05, 0.1) is 18.2 Å². The molecule has 2 rings (SSSR count). The van der Waals surface area contributed by atoms with Crippen LogP contribution >= 0.6 is 15.9 Å². The van der Waals surface area contributed by atoms with Gasteiger partial charge in [-0.3, -0.25) is 9.59 Å². The molecule has 2 unspecified atom stereocenters. The van der Waals surface area contributed by atoms with Crippen LogP contribution in [0, 0.1) is 5.41 Å². The van der Waals surface area contributed by atoms with Crippen molar-refractivity contribution in [2.75, 3.05) is 6.54 Å². The topological polar surface area (TPSA) is 94.5 Å². The lowest BCUT2D eigenvalue weighted by molar-refractivity contribution is -0.266. The average Bonchev–Trinajstić information content (AvgIpc) is 2.55. The highest BCUT2D eigenvalue weighted by Crippen LogP contribution is 2.42. The molecule has 0 aliphatic carbocycles. The second-order valence-electron chi connectivity index (χ2n) is 6.33. The van der Waals surface area contributed by atoms with Gasteiger partial charge < -0.3 is 15.0 Å². The number of hydrogen-bond acceptors (Lipinski definition) is 4. The molecule has 1 aliphatic heterocycles. The number of quaternary nitrogens is 1. The Kier molecular flexibility index (Phi) is 4.38. The summed E-state index contributed by atoms with van der Waals surface area (Å²) in [6.07, 6.45) is -1.43. The summed E-state index contributed by atoms with van der Waals surface area (Å²) in [5.41, 5.74) is -1.28. The van der Waals surface area contributed by atoms with Gasteiger partial charge in [-0.25, -0.2) is 4.48 Å². The van der Waals surface area contributed by atoms with E-state index in [0.29, 0.717) is 4.47 Å². The molecule has 124 valence electrons. The number of ketones is 1. The van der Waals surface area contributed by atoms with Crippen molar-refractivity contribution in [2.45, 2.75) is 33.2 Å². The first-order valence-electron chi connectivity index (χ1n) is 7.25. The predicted octanol–water partition coefficient (Wildman–Crippen LogP) is 2.19. The zero-order valence-electron chi connectivity index (χ0n) is 13.1. The van der Waals surface area contributed by atoms with Gasteiger partial charge in [-0.15, -0.1) is 0 Å². The maximum Gasteiger partial charge on any atom is 0.317 e. The molecular formula is C16H18BrNO5. The number of benzene rings is 1. The molecule has 1 aromatic carbocycles. The van der Waals surface area contributed by atoms with Crippen molar-refractivity contribution in [2.24, 2.45) is 5.41 Å². The number of Topliss-reactive ketones (excluding diaryl/α,β-unsaturated/α-hetero) is 1. The first-order chi connectivity index (χ1) is 10.6. The van der Waals surface area contributed by atoms with E-state index in [0.717, 1.165) is 0 Å². The predicted molar refractivity (Wildman–Crippen MR) is 86.0 cm³/mol. The van der Waals surface area contributed by atoms with Gasteiger partial charge in [-0.05, 0) is 32.9 Å². The van der Waals surface area contributed by atoms with Crippen molar-refractivity contribution < 1.29 is 24.6 Å². The molecule has 0 saturated heterocycles. The van der Waals surface area contributed by atoms with Crippen LogP contribution in [0.15, 0.2) is 22.7 Å². The number of nitrogens with zero attached hydrogens (tertiary/aromatic N) is 1. The van der Waals surface area contributed by atoms with Gasteiger partial charge in [0.2, 0.25) is 0 Å². The summed E-state index contributed by atoms with van der Waals surface area (Å²) < 4.78 is 0.0106. The van der Waals surface area contributed by atoms with Gasteiger partial charge >= 0.3 is 5.97 Å². The lowest BCUT2D eigenvalue weighted by Gasteiger charge is -2.41. The molecule has 0 aromatic heterocycles. The molecule has 7 heteroatoms. The van der Waals surface area contributed by atoms with Crippen molar-refractivity contribution in [3.63, 3.8) is 0 Å².